The smallest absolute Gasteiger partial charge is 0.123 e. The Morgan fingerprint density at radius 3 is 2.86 bits per heavy atom. The number of fused-ring (bicyclic) bond motifs is 1. The van der Waals surface area contributed by atoms with Gasteiger partial charge in [-0.1, -0.05) is 6.07 Å². The zero-order valence-electron chi connectivity index (χ0n) is 11.6. The quantitative estimate of drug-likeness (QED) is 0.571. The molecule has 0 atom stereocenters. The number of benzene rings is 2. The van der Waals surface area contributed by atoms with Crippen molar-refractivity contribution in [2.75, 3.05) is 12.3 Å². The number of aryl methyl sites for hydroxylation is 1. The van der Waals surface area contributed by atoms with Crippen molar-refractivity contribution in [3.63, 3.8) is 0 Å². The summed E-state index contributed by atoms with van der Waals surface area (Å²) in [6.45, 7) is 1.45. The maximum absolute atomic E-state index is 13.1. The topological polar surface area (TPSA) is 40.2 Å². The van der Waals surface area contributed by atoms with Crippen LogP contribution < -0.4 is 10.5 Å². The van der Waals surface area contributed by atoms with Crippen LogP contribution >= 0.6 is 0 Å². The molecule has 0 spiro atoms. The van der Waals surface area contributed by atoms with Gasteiger partial charge >= 0.3 is 0 Å². The summed E-state index contributed by atoms with van der Waals surface area (Å²) in [6, 6.07) is 14.2. The minimum atomic E-state index is -0.203. The number of ether oxygens (including phenoxy) is 1. The number of halogens is 1. The van der Waals surface area contributed by atoms with Crippen molar-refractivity contribution in [1.29, 1.82) is 0 Å². The van der Waals surface area contributed by atoms with Crippen LogP contribution in [-0.2, 0) is 6.54 Å². The first-order valence-electron chi connectivity index (χ1n) is 6.95. The van der Waals surface area contributed by atoms with Crippen molar-refractivity contribution in [1.82, 2.24) is 4.57 Å². The number of hydrogen-bond acceptors (Lipinski definition) is 2. The fourth-order valence-electron chi connectivity index (χ4n) is 2.40. The number of hydrogen-bond donors (Lipinski definition) is 1. The Labute approximate surface area is 122 Å². The van der Waals surface area contributed by atoms with Crippen LogP contribution in [0.3, 0.4) is 0 Å². The monoisotopic (exact) mass is 284 g/mol. The Kier molecular flexibility index (Phi) is 3.77. The maximum atomic E-state index is 13.1. The highest BCUT2D eigenvalue weighted by Gasteiger charge is 2.02. The largest absolute Gasteiger partial charge is 0.493 e. The molecule has 108 valence electrons. The molecule has 0 fully saturated rings. The Hall–Kier alpha value is -2.49. The second kappa shape index (κ2) is 5.87. The van der Waals surface area contributed by atoms with Crippen molar-refractivity contribution in [2.24, 2.45) is 0 Å². The lowest BCUT2D eigenvalue weighted by atomic mass is 10.2. The fraction of sp³-hybridized carbons (Fsp3) is 0.176. The molecule has 0 aliphatic rings. The van der Waals surface area contributed by atoms with Crippen LogP contribution in [-0.4, -0.2) is 11.2 Å². The van der Waals surface area contributed by atoms with E-state index in [0.717, 1.165) is 29.6 Å². The van der Waals surface area contributed by atoms with Crippen molar-refractivity contribution >= 4 is 16.6 Å². The van der Waals surface area contributed by atoms with E-state index in [1.54, 1.807) is 6.07 Å². The molecule has 0 bridgehead atoms. The van der Waals surface area contributed by atoms with Gasteiger partial charge in [-0.2, -0.15) is 0 Å². The summed E-state index contributed by atoms with van der Waals surface area (Å²) in [6.07, 6.45) is 2.85. The molecule has 0 amide bonds. The van der Waals surface area contributed by atoms with E-state index in [9.17, 15) is 4.39 Å². The minimum Gasteiger partial charge on any atom is -0.493 e. The van der Waals surface area contributed by atoms with Gasteiger partial charge < -0.3 is 15.0 Å². The van der Waals surface area contributed by atoms with Gasteiger partial charge in [0, 0.05) is 35.4 Å². The normalized spacial score (nSPS) is 10.9. The molecular formula is C17H17FN2O. The lowest BCUT2D eigenvalue weighted by Gasteiger charge is -2.08. The van der Waals surface area contributed by atoms with Gasteiger partial charge in [-0.3, -0.25) is 0 Å². The van der Waals surface area contributed by atoms with Crippen molar-refractivity contribution in [3.8, 4) is 5.75 Å². The summed E-state index contributed by atoms with van der Waals surface area (Å²) in [7, 11) is 0. The van der Waals surface area contributed by atoms with Crippen LogP contribution in [0.1, 0.15) is 6.42 Å². The Morgan fingerprint density at radius 2 is 2.00 bits per heavy atom. The van der Waals surface area contributed by atoms with Crippen LogP contribution in [0.15, 0.2) is 54.7 Å². The predicted molar refractivity (Wildman–Crippen MR) is 82.9 cm³/mol. The first kappa shape index (κ1) is 13.5. The van der Waals surface area contributed by atoms with Crippen molar-refractivity contribution in [2.45, 2.75) is 13.0 Å². The Bertz CT molecular complexity index is 751. The molecule has 3 rings (SSSR count). The zero-order chi connectivity index (χ0) is 14.7. The zero-order valence-corrected chi connectivity index (χ0v) is 11.6. The third-order valence-corrected chi connectivity index (χ3v) is 3.40. The van der Waals surface area contributed by atoms with Crippen LogP contribution in [0.5, 0.6) is 5.75 Å². The van der Waals surface area contributed by atoms with Gasteiger partial charge in [-0.25, -0.2) is 4.39 Å². The van der Waals surface area contributed by atoms with Gasteiger partial charge in [0.05, 0.1) is 6.61 Å². The fourth-order valence-corrected chi connectivity index (χ4v) is 2.40. The molecule has 2 N–H and O–H groups in total. The lowest BCUT2D eigenvalue weighted by Crippen LogP contribution is -2.03. The molecule has 1 heterocycles. The average Bonchev–Trinajstić information content (AvgIpc) is 2.86. The minimum absolute atomic E-state index is 0.203. The van der Waals surface area contributed by atoms with Gasteiger partial charge in [-0.15, -0.1) is 0 Å². The molecule has 2 aromatic carbocycles. The molecule has 0 aliphatic heterocycles. The standard InChI is InChI=1S/C17H17FN2O/c18-14-5-6-17-13(11-14)7-9-20(17)8-2-10-21-16-4-1-3-15(19)12-16/h1,3-7,9,11-12H,2,8,10,19H2. The van der Waals surface area contributed by atoms with Gasteiger partial charge in [0.2, 0.25) is 0 Å². The molecule has 21 heavy (non-hydrogen) atoms. The van der Waals surface area contributed by atoms with Crippen LogP contribution in [0, 0.1) is 5.82 Å². The second-order valence-corrected chi connectivity index (χ2v) is 4.99. The highest BCUT2D eigenvalue weighted by atomic mass is 19.1. The van der Waals surface area contributed by atoms with E-state index in [0.29, 0.717) is 12.3 Å². The molecule has 0 radical (unpaired) electrons. The first-order chi connectivity index (χ1) is 10.2. The summed E-state index contributed by atoms with van der Waals surface area (Å²) in [5.41, 5.74) is 7.44. The second-order valence-electron chi connectivity index (χ2n) is 4.99. The Morgan fingerprint density at radius 1 is 1.10 bits per heavy atom. The SMILES string of the molecule is Nc1cccc(OCCCn2ccc3cc(F)ccc32)c1. The summed E-state index contributed by atoms with van der Waals surface area (Å²) in [5, 5.41) is 0.923. The maximum Gasteiger partial charge on any atom is 0.123 e. The molecule has 0 unspecified atom stereocenters. The van der Waals surface area contributed by atoms with Gasteiger partial charge in [0.25, 0.3) is 0 Å². The number of rotatable bonds is 5. The van der Waals surface area contributed by atoms with E-state index in [2.05, 4.69) is 4.57 Å². The van der Waals surface area contributed by atoms with Crippen LogP contribution in [0.25, 0.3) is 10.9 Å². The number of aromatic nitrogens is 1. The molecule has 4 heteroatoms. The van der Waals surface area contributed by atoms with Crippen LogP contribution in [0.2, 0.25) is 0 Å². The molecule has 3 nitrogen and oxygen atoms in total. The third kappa shape index (κ3) is 3.16. The van der Waals surface area contributed by atoms with E-state index in [4.69, 9.17) is 10.5 Å². The number of nitrogens with two attached hydrogens (primary N) is 1. The van der Waals surface area contributed by atoms with Crippen LogP contribution in [0.4, 0.5) is 10.1 Å². The van der Waals surface area contributed by atoms with Crippen molar-refractivity contribution in [3.05, 3.63) is 60.5 Å². The summed E-state index contributed by atoms with van der Waals surface area (Å²) < 4.78 is 20.9. The predicted octanol–water partition coefficient (Wildman–Crippen LogP) is 3.83. The van der Waals surface area contributed by atoms with Gasteiger partial charge in [-0.05, 0) is 42.8 Å². The first-order valence-corrected chi connectivity index (χ1v) is 6.95. The third-order valence-electron chi connectivity index (χ3n) is 3.40. The highest BCUT2D eigenvalue weighted by Crippen LogP contribution is 2.18. The number of anilines is 1. The molecular weight excluding hydrogens is 267 g/mol. The van der Waals surface area contributed by atoms with E-state index in [1.807, 2.05) is 42.6 Å². The molecule has 0 saturated heterocycles. The highest BCUT2D eigenvalue weighted by molar-refractivity contribution is 5.80. The molecule has 1 aromatic heterocycles. The lowest BCUT2D eigenvalue weighted by molar-refractivity contribution is 0.303. The van der Waals surface area contributed by atoms with Gasteiger partial charge in [0.1, 0.15) is 11.6 Å². The number of nitrogen functional groups attached to an aromatic ring is 1. The van der Waals surface area contributed by atoms with E-state index in [-0.39, 0.29) is 5.82 Å². The number of nitrogens with zero attached hydrogens (tertiary/aromatic N) is 1. The summed E-state index contributed by atoms with van der Waals surface area (Å²) in [4.78, 5) is 0. The summed E-state index contributed by atoms with van der Waals surface area (Å²) in [5.74, 6) is 0.583. The Balaban J connectivity index is 1.57. The summed E-state index contributed by atoms with van der Waals surface area (Å²) >= 11 is 0. The molecule has 0 saturated carbocycles. The van der Waals surface area contributed by atoms with Crippen molar-refractivity contribution < 1.29 is 9.13 Å². The van der Waals surface area contributed by atoms with E-state index in [1.165, 1.54) is 6.07 Å². The van der Waals surface area contributed by atoms with E-state index >= 15 is 0 Å². The molecule has 3 aromatic rings. The average molecular weight is 284 g/mol. The van der Waals surface area contributed by atoms with E-state index < -0.39 is 0 Å². The molecule has 0 aliphatic carbocycles. The van der Waals surface area contributed by atoms with Gasteiger partial charge in [0.15, 0.2) is 0 Å².